The van der Waals surface area contributed by atoms with Gasteiger partial charge in [-0.1, -0.05) is 54.6 Å². The number of aliphatic carboxylic acids is 1. The number of carboxylic acid groups (broad SMARTS) is 1. The summed E-state index contributed by atoms with van der Waals surface area (Å²) in [5.41, 5.74) is 10.5. The molecule has 1 saturated carbocycles. The number of anilines is 2. The van der Waals surface area contributed by atoms with Gasteiger partial charge in [0, 0.05) is 24.1 Å². The van der Waals surface area contributed by atoms with E-state index < -0.39 is 12.1 Å². The van der Waals surface area contributed by atoms with Crippen LogP contribution in [-0.4, -0.2) is 60.3 Å². The van der Waals surface area contributed by atoms with Crippen molar-refractivity contribution < 1.29 is 27.9 Å². The fourth-order valence-electron chi connectivity index (χ4n) is 5.14. The highest BCUT2D eigenvalue weighted by atomic mass is 19.4. The average Bonchev–Trinajstić information content (AvgIpc) is 3.77. The number of hydrogen-bond acceptors (Lipinski definition) is 5. The van der Waals surface area contributed by atoms with Crippen molar-refractivity contribution in [3.05, 3.63) is 95.6 Å². The van der Waals surface area contributed by atoms with Gasteiger partial charge in [-0.2, -0.15) is 13.2 Å². The first kappa shape index (κ1) is 31.1. The Kier molecular flexibility index (Phi) is 10.6. The van der Waals surface area contributed by atoms with E-state index in [2.05, 4.69) is 58.0 Å². The van der Waals surface area contributed by atoms with E-state index >= 15 is 0 Å². The standard InChI is InChI=1S/C30H36N4O.C2HF3O2/c31-27-8-4-5-9-28(27)33-30(35)25-12-10-22(11-13-25)14-17-34-18-15-23(16-19-34)21-32-29-20-26(29)24-6-2-1-3-7-24;3-2(4,5)1(6)7/h1-13,23,26,29,32H,14-21,31H2,(H,33,35);(H,6,7). The van der Waals surface area contributed by atoms with Crippen LogP contribution >= 0.6 is 0 Å². The van der Waals surface area contributed by atoms with Crippen LogP contribution in [0.15, 0.2) is 78.9 Å². The summed E-state index contributed by atoms with van der Waals surface area (Å²) in [6, 6.07) is 26.8. The summed E-state index contributed by atoms with van der Waals surface area (Å²) < 4.78 is 31.7. The first-order valence-corrected chi connectivity index (χ1v) is 14.2. The zero-order chi connectivity index (χ0) is 30.1. The lowest BCUT2D eigenvalue weighted by Crippen LogP contribution is -2.38. The molecule has 5 rings (SSSR count). The third kappa shape index (κ3) is 9.32. The van der Waals surface area contributed by atoms with Gasteiger partial charge in [-0.25, -0.2) is 4.79 Å². The molecule has 0 aromatic heterocycles. The minimum Gasteiger partial charge on any atom is -0.475 e. The second-order valence-corrected chi connectivity index (χ2v) is 10.8. The molecule has 2 atom stereocenters. The Labute approximate surface area is 243 Å². The third-order valence-electron chi connectivity index (χ3n) is 7.78. The van der Waals surface area contributed by atoms with Crippen LogP contribution in [-0.2, 0) is 11.2 Å². The van der Waals surface area contributed by atoms with Crippen molar-refractivity contribution in [2.24, 2.45) is 5.92 Å². The molecule has 2 fully saturated rings. The maximum atomic E-state index is 12.5. The number of carboxylic acids is 1. The number of halogens is 3. The summed E-state index contributed by atoms with van der Waals surface area (Å²) >= 11 is 0. The lowest BCUT2D eigenvalue weighted by atomic mass is 9.96. The molecule has 2 unspecified atom stereocenters. The molecule has 1 amide bonds. The van der Waals surface area contributed by atoms with E-state index in [9.17, 15) is 18.0 Å². The quantitative estimate of drug-likeness (QED) is 0.246. The predicted molar refractivity (Wildman–Crippen MR) is 157 cm³/mol. The molecule has 3 aromatic rings. The molecule has 1 saturated heterocycles. The minimum absolute atomic E-state index is 0.133. The number of rotatable bonds is 9. The van der Waals surface area contributed by atoms with Crippen molar-refractivity contribution in [1.82, 2.24) is 10.2 Å². The number of nitrogens with two attached hydrogens (primary N) is 1. The highest BCUT2D eigenvalue weighted by molar-refractivity contribution is 6.05. The summed E-state index contributed by atoms with van der Waals surface area (Å²) in [7, 11) is 0. The predicted octanol–water partition coefficient (Wildman–Crippen LogP) is 5.55. The number of benzene rings is 3. The highest BCUT2D eigenvalue weighted by Gasteiger charge is 2.39. The molecule has 0 spiro atoms. The van der Waals surface area contributed by atoms with Gasteiger partial charge in [0.15, 0.2) is 0 Å². The lowest BCUT2D eigenvalue weighted by Gasteiger charge is -2.32. The molecule has 10 heteroatoms. The second kappa shape index (κ2) is 14.3. The number of nitrogen functional groups attached to an aromatic ring is 1. The molecular weight excluding hydrogens is 545 g/mol. The molecule has 224 valence electrons. The van der Waals surface area contributed by atoms with Crippen molar-refractivity contribution in [3.8, 4) is 0 Å². The van der Waals surface area contributed by atoms with Gasteiger partial charge in [0.1, 0.15) is 0 Å². The largest absolute Gasteiger partial charge is 0.490 e. The van der Waals surface area contributed by atoms with Crippen LogP contribution < -0.4 is 16.4 Å². The molecule has 1 heterocycles. The van der Waals surface area contributed by atoms with Crippen molar-refractivity contribution in [2.75, 3.05) is 37.2 Å². The zero-order valence-corrected chi connectivity index (χ0v) is 23.3. The maximum Gasteiger partial charge on any atom is 0.490 e. The van der Waals surface area contributed by atoms with Crippen LogP contribution in [0.3, 0.4) is 0 Å². The van der Waals surface area contributed by atoms with Crippen LogP contribution in [0, 0.1) is 5.92 Å². The zero-order valence-electron chi connectivity index (χ0n) is 23.3. The smallest absolute Gasteiger partial charge is 0.475 e. The Morgan fingerprint density at radius 1 is 0.929 bits per heavy atom. The number of carbonyl (C=O) groups excluding carboxylic acids is 1. The number of nitrogens with zero attached hydrogens (tertiary/aromatic N) is 1. The number of para-hydroxylation sites is 2. The first-order valence-electron chi connectivity index (χ1n) is 14.2. The topological polar surface area (TPSA) is 108 Å². The molecule has 0 bridgehead atoms. The third-order valence-corrected chi connectivity index (χ3v) is 7.78. The van der Waals surface area contributed by atoms with E-state index in [-0.39, 0.29) is 5.91 Å². The number of amides is 1. The summed E-state index contributed by atoms with van der Waals surface area (Å²) in [6.45, 7) is 4.58. The summed E-state index contributed by atoms with van der Waals surface area (Å²) in [4.78, 5) is 24.0. The molecule has 42 heavy (non-hydrogen) atoms. The molecule has 2 aliphatic rings. The summed E-state index contributed by atoms with van der Waals surface area (Å²) in [6.07, 6.45) is -0.240. The van der Waals surface area contributed by atoms with Crippen LogP contribution in [0.4, 0.5) is 24.5 Å². The Hall–Kier alpha value is -3.89. The van der Waals surface area contributed by atoms with Gasteiger partial charge in [-0.3, -0.25) is 4.79 Å². The van der Waals surface area contributed by atoms with E-state index in [1.54, 1.807) is 6.07 Å². The van der Waals surface area contributed by atoms with E-state index in [1.165, 1.54) is 43.5 Å². The highest BCUT2D eigenvalue weighted by Crippen LogP contribution is 2.40. The molecule has 1 aliphatic heterocycles. The summed E-state index contributed by atoms with van der Waals surface area (Å²) in [5, 5.41) is 13.8. The molecule has 3 aromatic carbocycles. The first-order chi connectivity index (χ1) is 20.1. The van der Waals surface area contributed by atoms with E-state index in [0.29, 0.717) is 28.9 Å². The van der Waals surface area contributed by atoms with Gasteiger partial charge in [0.2, 0.25) is 0 Å². The molecule has 0 radical (unpaired) electrons. The number of carbonyl (C=O) groups is 2. The number of piperidine rings is 1. The van der Waals surface area contributed by atoms with Crippen LogP contribution in [0.25, 0.3) is 0 Å². The van der Waals surface area contributed by atoms with Crippen molar-refractivity contribution >= 4 is 23.3 Å². The van der Waals surface area contributed by atoms with Crippen molar-refractivity contribution in [1.29, 1.82) is 0 Å². The Balaban J connectivity index is 0.000000517. The SMILES string of the molecule is Nc1ccccc1NC(=O)c1ccc(CCN2CCC(CNC3CC3c3ccccc3)CC2)cc1.O=C(O)C(F)(F)F. The molecular formula is C32H37F3N4O3. The van der Waals surface area contributed by atoms with E-state index in [1.807, 2.05) is 30.3 Å². The van der Waals surface area contributed by atoms with Gasteiger partial charge in [0.05, 0.1) is 11.4 Å². The van der Waals surface area contributed by atoms with Gasteiger partial charge in [0.25, 0.3) is 5.91 Å². The lowest BCUT2D eigenvalue weighted by molar-refractivity contribution is -0.192. The van der Waals surface area contributed by atoms with Gasteiger partial charge < -0.3 is 26.4 Å². The van der Waals surface area contributed by atoms with Crippen LogP contribution in [0.5, 0.6) is 0 Å². The number of hydrogen-bond donors (Lipinski definition) is 4. The van der Waals surface area contributed by atoms with Crippen LogP contribution in [0.1, 0.15) is 46.7 Å². The van der Waals surface area contributed by atoms with Crippen molar-refractivity contribution in [2.45, 2.75) is 43.8 Å². The molecule has 1 aliphatic carbocycles. The van der Waals surface area contributed by atoms with Crippen LogP contribution in [0.2, 0.25) is 0 Å². The molecule has 7 nitrogen and oxygen atoms in total. The summed E-state index contributed by atoms with van der Waals surface area (Å²) in [5.74, 6) is -1.39. The van der Waals surface area contributed by atoms with E-state index in [4.69, 9.17) is 15.6 Å². The van der Waals surface area contributed by atoms with Gasteiger partial charge in [-0.05, 0) is 86.6 Å². The van der Waals surface area contributed by atoms with Gasteiger partial charge >= 0.3 is 12.1 Å². The Morgan fingerprint density at radius 2 is 1.55 bits per heavy atom. The normalized spacial score (nSPS) is 18.9. The van der Waals surface area contributed by atoms with Gasteiger partial charge in [-0.15, -0.1) is 0 Å². The van der Waals surface area contributed by atoms with E-state index in [0.717, 1.165) is 25.4 Å². The number of alkyl halides is 3. The fourth-order valence-corrected chi connectivity index (χ4v) is 5.14. The van der Waals surface area contributed by atoms with Crippen molar-refractivity contribution in [3.63, 3.8) is 0 Å². The number of nitrogens with one attached hydrogen (secondary N) is 2. The fraction of sp³-hybridized carbons (Fsp3) is 0.375. The number of likely N-dealkylation sites (tertiary alicyclic amines) is 1. The monoisotopic (exact) mass is 582 g/mol. The average molecular weight is 583 g/mol. The Bertz CT molecular complexity index is 1310. The molecule has 5 N–H and O–H groups in total. The second-order valence-electron chi connectivity index (χ2n) is 10.8. The maximum absolute atomic E-state index is 12.5. The minimum atomic E-state index is -5.08. The Morgan fingerprint density at radius 3 is 2.17 bits per heavy atom.